The summed E-state index contributed by atoms with van der Waals surface area (Å²) in [7, 11) is -3.44. The van der Waals surface area contributed by atoms with E-state index in [2.05, 4.69) is 14.8 Å². The van der Waals surface area contributed by atoms with Crippen LogP contribution in [0.15, 0.2) is 0 Å². The van der Waals surface area contributed by atoms with Gasteiger partial charge in [0.05, 0.1) is 12.4 Å². The maximum absolute atomic E-state index is 11.8. The molecule has 1 fully saturated rings. The molecule has 0 radical (unpaired) electrons. The number of hydrogen-bond donors (Lipinski definition) is 2. The van der Waals surface area contributed by atoms with Crippen LogP contribution in [-0.4, -0.2) is 53.2 Å². The third kappa shape index (κ3) is 8.40. The highest BCUT2D eigenvalue weighted by Crippen LogP contribution is 2.14. The molecule has 2 N–H and O–H groups in total. The molecular formula is C10H19F3N2O3S. The normalized spacial score (nSPS) is 18.7. The predicted octanol–water partition coefficient (Wildman–Crippen LogP) is 0.484. The standard InChI is InChI=1S/C10H19F3N2O3S/c11-10(12,13)8-18-6-5-15-19(16,17)7-9-1-3-14-4-2-9/h9,14-15H,1-8H2. The van der Waals surface area contributed by atoms with E-state index >= 15 is 0 Å². The zero-order chi connectivity index (χ0) is 14.4. The Morgan fingerprint density at radius 3 is 2.47 bits per heavy atom. The van der Waals surface area contributed by atoms with Crippen molar-refractivity contribution in [3.8, 4) is 0 Å². The van der Waals surface area contributed by atoms with Gasteiger partial charge in [-0.1, -0.05) is 0 Å². The van der Waals surface area contributed by atoms with E-state index < -0.39 is 22.8 Å². The molecule has 0 aromatic heterocycles. The Balaban J connectivity index is 2.16. The minimum atomic E-state index is -4.38. The zero-order valence-electron chi connectivity index (χ0n) is 10.5. The molecule has 0 amide bonds. The molecule has 19 heavy (non-hydrogen) atoms. The van der Waals surface area contributed by atoms with Crippen molar-refractivity contribution in [1.82, 2.24) is 10.0 Å². The average Bonchev–Trinajstić information content (AvgIpc) is 2.27. The molecule has 0 bridgehead atoms. The van der Waals surface area contributed by atoms with Gasteiger partial charge >= 0.3 is 6.18 Å². The molecule has 1 saturated heterocycles. The molecule has 1 aliphatic heterocycles. The van der Waals surface area contributed by atoms with Crippen LogP contribution in [0.25, 0.3) is 0 Å². The summed E-state index contributed by atoms with van der Waals surface area (Å²) in [5.74, 6) is 0.128. The second-order valence-corrected chi connectivity index (χ2v) is 6.39. The third-order valence-corrected chi connectivity index (χ3v) is 4.30. The summed E-state index contributed by atoms with van der Waals surface area (Å²) in [4.78, 5) is 0. The quantitative estimate of drug-likeness (QED) is 0.672. The molecule has 0 aromatic carbocycles. The molecule has 0 atom stereocenters. The summed E-state index contributed by atoms with van der Waals surface area (Å²) in [6, 6.07) is 0. The number of sulfonamides is 1. The van der Waals surface area contributed by atoms with E-state index in [1.54, 1.807) is 0 Å². The summed E-state index contributed by atoms with van der Waals surface area (Å²) in [6.45, 7) is -0.179. The van der Waals surface area contributed by atoms with Gasteiger partial charge in [0.15, 0.2) is 0 Å². The fourth-order valence-corrected chi connectivity index (χ4v) is 3.34. The summed E-state index contributed by atoms with van der Waals surface area (Å²) < 4.78 is 65.1. The van der Waals surface area contributed by atoms with Crippen LogP contribution in [0.3, 0.4) is 0 Å². The number of halogens is 3. The highest BCUT2D eigenvalue weighted by molar-refractivity contribution is 7.89. The molecule has 114 valence electrons. The van der Waals surface area contributed by atoms with E-state index in [4.69, 9.17) is 0 Å². The van der Waals surface area contributed by atoms with Gasteiger partial charge in [-0.05, 0) is 31.8 Å². The van der Waals surface area contributed by atoms with Crippen LogP contribution in [0, 0.1) is 5.92 Å². The Labute approximate surface area is 110 Å². The zero-order valence-corrected chi connectivity index (χ0v) is 11.3. The SMILES string of the molecule is O=S(=O)(CC1CCNCC1)NCCOCC(F)(F)F. The molecule has 1 heterocycles. The second kappa shape index (κ2) is 7.41. The Kier molecular flexibility index (Phi) is 6.51. The third-order valence-electron chi connectivity index (χ3n) is 2.75. The lowest BCUT2D eigenvalue weighted by Gasteiger charge is -2.22. The molecule has 0 aliphatic carbocycles. The van der Waals surface area contributed by atoms with E-state index in [9.17, 15) is 21.6 Å². The molecule has 0 saturated carbocycles. The summed E-state index contributed by atoms with van der Waals surface area (Å²) in [5.41, 5.74) is 0. The molecule has 1 aliphatic rings. The first-order valence-corrected chi connectivity index (χ1v) is 7.76. The van der Waals surface area contributed by atoms with Gasteiger partial charge in [-0.3, -0.25) is 0 Å². The number of hydrogen-bond acceptors (Lipinski definition) is 4. The van der Waals surface area contributed by atoms with Crippen molar-refractivity contribution in [2.45, 2.75) is 19.0 Å². The Morgan fingerprint density at radius 1 is 1.26 bits per heavy atom. The van der Waals surface area contributed by atoms with Crippen molar-refractivity contribution in [3.05, 3.63) is 0 Å². The maximum Gasteiger partial charge on any atom is 0.411 e. The van der Waals surface area contributed by atoms with Gasteiger partial charge in [-0.25, -0.2) is 13.1 Å². The van der Waals surface area contributed by atoms with Gasteiger partial charge in [0.25, 0.3) is 0 Å². The topological polar surface area (TPSA) is 67.4 Å². The van der Waals surface area contributed by atoms with E-state index in [0.717, 1.165) is 25.9 Å². The minimum Gasteiger partial charge on any atom is -0.371 e. The number of alkyl halides is 3. The second-order valence-electron chi connectivity index (χ2n) is 4.54. The van der Waals surface area contributed by atoms with E-state index in [1.165, 1.54) is 0 Å². The monoisotopic (exact) mass is 304 g/mol. The van der Waals surface area contributed by atoms with Crippen LogP contribution in [0.2, 0.25) is 0 Å². The lowest BCUT2D eigenvalue weighted by Crippen LogP contribution is -2.37. The Morgan fingerprint density at radius 2 is 1.89 bits per heavy atom. The van der Waals surface area contributed by atoms with Crippen LogP contribution < -0.4 is 10.0 Å². The van der Waals surface area contributed by atoms with Crippen LogP contribution in [0.1, 0.15) is 12.8 Å². The average molecular weight is 304 g/mol. The van der Waals surface area contributed by atoms with Gasteiger partial charge in [-0.15, -0.1) is 0 Å². The molecule has 0 aromatic rings. The van der Waals surface area contributed by atoms with Gasteiger partial charge in [0.1, 0.15) is 6.61 Å². The Bertz CT molecular complexity index is 354. The highest BCUT2D eigenvalue weighted by Gasteiger charge is 2.27. The minimum absolute atomic E-state index is 0.0218. The van der Waals surface area contributed by atoms with Crippen LogP contribution >= 0.6 is 0 Å². The maximum atomic E-state index is 11.8. The summed E-state index contributed by atoms with van der Waals surface area (Å²) >= 11 is 0. The fourth-order valence-electron chi connectivity index (χ4n) is 1.87. The van der Waals surface area contributed by atoms with Gasteiger partial charge in [0, 0.05) is 6.54 Å². The molecule has 0 spiro atoms. The molecule has 9 heteroatoms. The van der Waals surface area contributed by atoms with Crippen molar-refractivity contribution < 1.29 is 26.3 Å². The van der Waals surface area contributed by atoms with Crippen molar-refractivity contribution in [2.24, 2.45) is 5.92 Å². The van der Waals surface area contributed by atoms with E-state index in [-0.39, 0.29) is 24.8 Å². The molecule has 1 rings (SSSR count). The van der Waals surface area contributed by atoms with Gasteiger partial charge < -0.3 is 10.1 Å². The van der Waals surface area contributed by atoms with Gasteiger partial charge in [0.2, 0.25) is 10.0 Å². The van der Waals surface area contributed by atoms with Crippen LogP contribution in [0.5, 0.6) is 0 Å². The van der Waals surface area contributed by atoms with Crippen molar-refractivity contribution in [2.75, 3.05) is 38.6 Å². The summed E-state index contributed by atoms with van der Waals surface area (Å²) in [5, 5.41) is 3.13. The molecule has 0 unspecified atom stereocenters. The number of ether oxygens (including phenoxy) is 1. The predicted molar refractivity (Wildman–Crippen MR) is 64.3 cm³/mol. The first kappa shape index (κ1) is 16.7. The Hall–Kier alpha value is -0.380. The largest absolute Gasteiger partial charge is 0.411 e. The van der Waals surface area contributed by atoms with Crippen molar-refractivity contribution in [1.29, 1.82) is 0 Å². The first-order chi connectivity index (χ1) is 8.79. The van der Waals surface area contributed by atoms with Crippen molar-refractivity contribution >= 4 is 10.0 Å². The lowest BCUT2D eigenvalue weighted by molar-refractivity contribution is -0.173. The highest BCUT2D eigenvalue weighted by atomic mass is 32.2. The number of piperidine rings is 1. The fraction of sp³-hybridized carbons (Fsp3) is 1.00. The number of rotatable bonds is 7. The van der Waals surface area contributed by atoms with Gasteiger partial charge in [-0.2, -0.15) is 13.2 Å². The molecular weight excluding hydrogens is 285 g/mol. The smallest absolute Gasteiger partial charge is 0.371 e. The van der Waals surface area contributed by atoms with E-state index in [0.29, 0.717) is 0 Å². The summed E-state index contributed by atoms with van der Waals surface area (Å²) in [6.07, 6.45) is -2.79. The van der Waals surface area contributed by atoms with Crippen LogP contribution in [0.4, 0.5) is 13.2 Å². The van der Waals surface area contributed by atoms with E-state index in [1.807, 2.05) is 0 Å². The first-order valence-electron chi connectivity index (χ1n) is 6.11. The van der Waals surface area contributed by atoms with Crippen LogP contribution in [-0.2, 0) is 14.8 Å². The lowest BCUT2D eigenvalue weighted by atomic mass is 10.0. The number of nitrogens with one attached hydrogen (secondary N) is 2. The molecule has 5 nitrogen and oxygen atoms in total. The van der Waals surface area contributed by atoms with Crippen molar-refractivity contribution in [3.63, 3.8) is 0 Å².